The minimum Gasteiger partial charge on any atom is -0.508 e. The first-order valence-electron chi connectivity index (χ1n) is 9.64. The summed E-state index contributed by atoms with van der Waals surface area (Å²) in [5.41, 5.74) is 7.24. The third-order valence-electron chi connectivity index (χ3n) is 4.69. The molecule has 0 bridgehead atoms. The molecule has 0 radical (unpaired) electrons. The number of unbranched alkanes of at least 4 members (excludes halogenated alkanes) is 1. The molecule has 2 aromatic carbocycles. The lowest BCUT2D eigenvalue weighted by atomic mass is 10.1. The second kappa shape index (κ2) is 9.21. The molecular formula is C22H23N3O6. The third kappa shape index (κ3) is 4.95. The van der Waals surface area contributed by atoms with Crippen molar-refractivity contribution in [3.05, 3.63) is 53.2 Å². The maximum Gasteiger partial charge on any atom is 0.339 e. The zero-order chi connectivity index (χ0) is 22.5. The summed E-state index contributed by atoms with van der Waals surface area (Å²) in [4.78, 5) is 27.9. The summed E-state index contributed by atoms with van der Waals surface area (Å²) in [5.74, 6) is -1.48. The largest absolute Gasteiger partial charge is 0.508 e. The summed E-state index contributed by atoms with van der Waals surface area (Å²) >= 11 is 0. The molecule has 1 heterocycles. The molecular weight excluding hydrogens is 402 g/mol. The van der Waals surface area contributed by atoms with Crippen molar-refractivity contribution < 1.29 is 29.6 Å². The summed E-state index contributed by atoms with van der Waals surface area (Å²) < 4.78 is 5.81. The minimum atomic E-state index is -1.14. The highest BCUT2D eigenvalue weighted by molar-refractivity contribution is 6.06. The van der Waals surface area contributed by atoms with Gasteiger partial charge in [-0.1, -0.05) is 6.07 Å². The van der Waals surface area contributed by atoms with E-state index < -0.39 is 11.9 Å². The van der Waals surface area contributed by atoms with E-state index in [0.717, 1.165) is 6.07 Å². The van der Waals surface area contributed by atoms with Crippen LogP contribution in [0.2, 0.25) is 0 Å². The fourth-order valence-electron chi connectivity index (χ4n) is 3.27. The van der Waals surface area contributed by atoms with E-state index in [0.29, 0.717) is 48.3 Å². The summed E-state index contributed by atoms with van der Waals surface area (Å²) in [6.45, 7) is 2.30. The highest BCUT2D eigenvalue weighted by Gasteiger charge is 2.18. The molecule has 9 heteroatoms. The number of hydrogen-bond acceptors (Lipinski definition) is 7. The minimum absolute atomic E-state index is 0.0377. The van der Waals surface area contributed by atoms with Crippen LogP contribution in [0.25, 0.3) is 10.9 Å². The number of nitrogens with one attached hydrogen (secondary N) is 1. The van der Waals surface area contributed by atoms with Crippen LogP contribution >= 0.6 is 0 Å². The number of pyridine rings is 1. The van der Waals surface area contributed by atoms with Crippen LogP contribution in [0.4, 0.5) is 5.69 Å². The second-order valence-electron chi connectivity index (χ2n) is 6.99. The first kappa shape index (κ1) is 21.7. The molecule has 0 aliphatic rings. The van der Waals surface area contributed by atoms with Crippen molar-refractivity contribution in [1.29, 1.82) is 0 Å². The molecule has 0 saturated heterocycles. The predicted octanol–water partition coefficient (Wildman–Crippen LogP) is 2.82. The molecule has 0 spiro atoms. The topological polar surface area (TPSA) is 155 Å². The van der Waals surface area contributed by atoms with Gasteiger partial charge in [0.2, 0.25) is 0 Å². The number of benzene rings is 2. The molecule has 0 aliphatic carbocycles. The van der Waals surface area contributed by atoms with Crippen LogP contribution < -0.4 is 15.8 Å². The number of carbonyl (C=O) groups is 2. The summed E-state index contributed by atoms with van der Waals surface area (Å²) in [7, 11) is 0. The van der Waals surface area contributed by atoms with Gasteiger partial charge in [-0.3, -0.25) is 9.78 Å². The Balaban J connectivity index is 1.57. The van der Waals surface area contributed by atoms with Crippen LogP contribution in [-0.4, -0.2) is 45.3 Å². The van der Waals surface area contributed by atoms with Crippen molar-refractivity contribution in [3.8, 4) is 17.2 Å². The van der Waals surface area contributed by atoms with E-state index in [2.05, 4.69) is 10.3 Å². The molecule has 1 aromatic heterocycles. The average Bonchev–Trinajstić information content (AvgIpc) is 2.69. The Bertz CT molecular complexity index is 1130. The molecule has 0 unspecified atom stereocenters. The Hall–Kier alpha value is -4.01. The lowest BCUT2D eigenvalue weighted by molar-refractivity contribution is 0.0696. The Morgan fingerprint density at radius 2 is 1.84 bits per heavy atom. The van der Waals surface area contributed by atoms with E-state index in [4.69, 9.17) is 10.5 Å². The fraction of sp³-hybridized carbons (Fsp3) is 0.227. The number of aromatic nitrogens is 1. The van der Waals surface area contributed by atoms with E-state index in [1.54, 1.807) is 25.1 Å². The molecule has 9 nitrogen and oxygen atoms in total. The smallest absolute Gasteiger partial charge is 0.339 e. The maximum atomic E-state index is 12.1. The Labute approximate surface area is 178 Å². The number of nitrogens with two attached hydrogens (primary N) is 1. The number of fused-ring (bicyclic) bond motifs is 1. The zero-order valence-electron chi connectivity index (χ0n) is 16.9. The Kier molecular flexibility index (Phi) is 6.44. The zero-order valence-corrected chi connectivity index (χ0v) is 16.9. The lowest BCUT2D eigenvalue weighted by Crippen LogP contribution is -2.24. The standard InChI is InChI=1S/C22H23N3O6/c1-12-18(22(29)30)20(23)19-16(25-12)5-4-6-17(19)31-8-3-2-7-24-21(28)13-9-14(26)11-15(27)10-13/h4-6,9-11,26-27H,2-3,7-8H2,1H3,(H2,23,25)(H,24,28)(H,29,30). The van der Waals surface area contributed by atoms with Gasteiger partial charge in [0, 0.05) is 18.2 Å². The van der Waals surface area contributed by atoms with Crippen molar-refractivity contribution in [1.82, 2.24) is 10.3 Å². The van der Waals surface area contributed by atoms with Gasteiger partial charge in [0.05, 0.1) is 28.9 Å². The van der Waals surface area contributed by atoms with Gasteiger partial charge in [0.25, 0.3) is 5.91 Å². The van der Waals surface area contributed by atoms with E-state index in [9.17, 15) is 24.9 Å². The molecule has 1 amide bonds. The number of amides is 1. The van der Waals surface area contributed by atoms with Gasteiger partial charge in [-0.05, 0) is 44.0 Å². The summed E-state index contributed by atoms with van der Waals surface area (Å²) in [6, 6.07) is 8.89. The molecule has 3 aromatic rings. The molecule has 0 saturated carbocycles. The number of carboxylic acids is 1. The number of aromatic carboxylic acids is 1. The second-order valence-corrected chi connectivity index (χ2v) is 6.99. The lowest BCUT2D eigenvalue weighted by Gasteiger charge is -2.13. The van der Waals surface area contributed by atoms with Crippen molar-refractivity contribution >= 4 is 28.5 Å². The maximum absolute atomic E-state index is 12.1. The van der Waals surface area contributed by atoms with Crippen LogP contribution in [0.15, 0.2) is 36.4 Å². The normalized spacial score (nSPS) is 10.7. The van der Waals surface area contributed by atoms with Crippen molar-refractivity contribution in [2.75, 3.05) is 18.9 Å². The SMILES string of the molecule is Cc1nc2cccc(OCCCCNC(=O)c3cc(O)cc(O)c3)c2c(N)c1C(=O)O. The molecule has 3 rings (SSSR count). The van der Waals surface area contributed by atoms with Crippen molar-refractivity contribution in [3.63, 3.8) is 0 Å². The Morgan fingerprint density at radius 1 is 1.13 bits per heavy atom. The summed E-state index contributed by atoms with van der Waals surface area (Å²) in [5, 5.41) is 31.5. The van der Waals surface area contributed by atoms with Crippen LogP contribution in [0.5, 0.6) is 17.2 Å². The molecule has 31 heavy (non-hydrogen) atoms. The van der Waals surface area contributed by atoms with Crippen molar-refractivity contribution in [2.24, 2.45) is 0 Å². The monoisotopic (exact) mass is 425 g/mol. The van der Waals surface area contributed by atoms with Crippen molar-refractivity contribution in [2.45, 2.75) is 19.8 Å². The number of rotatable bonds is 8. The van der Waals surface area contributed by atoms with Gasteiger partial charge >= 0.3 is 5.97 Å². The average molecular weight is 425 g/mol. The Morgan fingerprint density at radius 3 is 2.52 bits per heavy atom. The van der Waals surface area contributed by atoms with Gasteiger partial charge in [-0.15, -0.1) is 0 Å². The number of phenolic OH excluding ortho intramolecular Hbond substituents is 2. The first-order chi connectivity index (χ1) is 14.8. The molecule has 0 fully saturated rings. The predicted molar refractivity (Wildman–Crippen MR) is 115 cm³/mol. The number of ether oxygens (including phenoxy) is 1. The molecule has 0 aliphatic heterocycles. The van der Waals surface area contributed by atoms with Gasteiger partial charge in [-0.2, -0.15) is 0 Å². The van der Waals surface area contributed by atoms with Crippen LogP contribution in [0.1, 0.15) is 39.3 Å². The highest BCUT2D eigenvalue weighted by Crippen LogP contribution is 2.33. The number of hydrogen-bond donors (Lipinski definition) is 5. The number of carbonyl (C=O) groups excluding carboxylic acids is 1. The van der Waals surface area contributed by atoms with Gasteiger partial charge in [0.15, 0.2) is 0 Å². The molecule has 162 valence electrons. The van der Waals surface area contributed by atoms with E-state index >= 15 is 0 Å². The highest BCUT2D eigenvalue weighted by atomic mass is 16.5. The van der Waals surface area contributed by atoms with Gasteiger partial charge in [0.1, 0.15) is 22.8 Å². The van der Waals surface area contributed by atoms with Crippen LogP contribution in [-0.2, 0) is 0 Å². The van der Waals surface area contributed by atoms with Crippen LogP contribution in [0, 0.1) is 6.92 Å². The van der Waals surface area contributed by atoms with E-state index in [-0.39, 0.29) is 28.3 Å². The number of nitrogen functional groups attached to an aromatic ring is 1. The van der Waals surface area contributed by atoms with Gasteiger partial charge in [-0.25, -0.2) is 4.79 Å². The number of phenols is 2. The van der Waals surface area contributed by atoms with E-state index in [1.165, 1.54) is 12.1 Å². The van der Waals surface area contributed by atoms with E-state index in [1.807, 2.05) is 0 Å². The number of aromatic hydroxyl groups is 2. The quantitative estimate of drug-likeness (QED) is 0.345. The fourth-order valence-corrected chi connectivity index (χ4v) is 3.27. The number of nitrogens with zero attached hydrogens (tertiary/aromatic N) is 1. The van der Waals surface area contributed by atoms with Gasteiger partial charge < -0.3 is 31.1 Å². The molecule has 6 N–H and O–H groups in total. The number of carboxylic acid groups (broad SMARTS) is 1. The number of anilines is 1. The third-order valence-corrected chi connectivity index (χ3v) is 4.69. The number of aryl methyl sites for hydroxylation is 1. The van der Waals surface area contributed by atoms with Crippen LogP contribution in [0.3, 0.4) is 0 Å². The molecule has 0 atom stereocenters. The first-order valence-corrected chi connectivity index (χ1v) is 9.64. The summed E-state index contributed by atoms with van der Waals surface area (Å²) in [6.07, 6.45) is 1.24.